The number of guanidine groups is 1. The highest BCUT2D eigenvalue weighted by Gasteiger charge is 2.46. The molecule has 3 rings (SSSR count). The molecule has 4 nitrogen and oxygen atoms in total. The van der Waals surface area contributed by atoms with E-state index in [-0.39, 0.29) is 11.2 Å². The first-order valence-corrected chi connectivity index (χ1v) is 9.01. The molecule has 1 N–H and O–H groups in total. The van der Waals surface area contributed by atoms with Gasteiger partial charge in [-0.15, -0.1) is 0 Å². The molecule has 132 valence electrons. The summed E-state index contributed by atoms with van der Waals surface area (Å²) in [5, 5.41) is 3.48. The second-order valence-corrected chi connectivity index (χ2v) is 6.80. The van der Waals surface area contributed by atoms with Crippen LogP contribution in [0.1, 0.15) is 38.2 Å². The quantitative estimate of drug-likeness (QED) is 0.665. The summed E-state index contributed by atoms with van der Waals surface area (Å²) in [5.74, 6) is 0.830. The molecule has 1 aliphatic carbocycles. The van der Waals surface area contributed by atoms with E-state index in [9.17, 15) is 4.39 Å². The summed E-state index contributed by atoms with van der Waals surface area (Å²) in [6.07, 6.45) is 4.51. The van der Waals surface area contributed by atoms with Crippen LogP contribution < -0.4 is 5.32 Å². The average molecular weight is 333 g/mol. The Balaban J connectivity index is 1.57. The number of nitrogens with one attached hydrogen (secondary N) is 1. The molecule has 2 fully saturated rings. The SMILES string of the molecule is CCOC1CCN(C(=NC)NCC2(c3ccccc3F)CC2)CC1. The summed E-state index contributed by atoms with van der Waals surface area (Å²) in [7, 11) is 1.82. The average Bonchev–Trinajstić information content (AvgIpc) is 3.38. The van der Waals surface area contributed by atoms with E-state index < -0.39 is 0 Å². The summed E-state index contributed by atoms with van der Waals surface area (Å²) in [6, 6.07) is 7.15. The van der Waals surface area contributed by atoms with Crippen molar-refractivity contribution < 1.29 is 9.13 Å². The lowest BCUT2D eigenvalue weighted by Gasteiger charge is -2.34. The van der Waals surface area contributed by atoms with Crippen molar-refractivity contribution in [3.63, 3.8) is 0 Å². The lowest BCUT2D eigenvalue weighted by molar-refractivity contribution is 0.0263. The number of hydrogen-bond donors (Lipinski definition) is 1. The van der Waals surface area contributed by atoms with Gasteiger partial charge in [-0.3, -0.25) is 4.99 Å². The van der Waals surface area contributed by atoms with Crippen LogP contribution in [-0.2, 0) is 10.2 Å². The number of ether oxygens (including phenoxy) is 1. The maximum absolute atomic E-state index is 14.1. The maximum Gasteiger partial charge on any atom is 0.193 e. The predicted octanol–water partition coefficient (Wildman–Crippen LogP) is 2.93. The van der Waals surface area contributed by atoms with E-state index in [2.05, 4.69) is 15.2 Å². The number of piperidine rings is 1. The number of hydrogen-bond acceptors (Lipinski definition) is 2. The second kappa shape index (κ2) is 7.51. The van der Waals surface area contributed by atoms with Gasteiger partial charge in [0.25, 0.3) is 0 Å². The summed E-state index contributed by atoms with van der Waals surface area (Å²) < 4.78 is 19.8. The van der Waals surface area contributed by atoms with Crippen LogP contribution in [0.4, 0.5) is 4.39 Å². The first-order valence-electron chi connectivity index (χ1n) is 9.01. The molecule has 5 heteroatoms. The van der Waals surface area contributed by atoms with Gasteiger partial charge in [0.2, 0.25) is 0 Å². The van der Waals surface area contributed by atoms with E-state index in [0.29, 0.717) is 6.10 Å². The zero-order valence-electron chi connectivity index (χ0n) is 14.7. The third kappa shape index (κ3) is 3.72. The van der Waals surface area contributed by atoms with Gasteiger partial charge >= 0.3 is 0 Å². The molecule has 24 heavy (non-hydrogen) atoms. The van der Waals surface area contributed by atoms with Crippen LogP contribution in [0.5, 0.6) is 0 Å². The summed E-state index contributed by atoms with van der Waals surface area (Å²) >= 11 is 0. The molecular formula is C19H28FN3O. The van der Waals surface area contributed by atoms with Crippen molar-refractivity contribution in [3.05, 3.63) is 35.6 Å². The van der Waals surface area contributed by atoms with Crippen molar-refractivity contribution in [2.75, 3.05) is 33.3 Å². The number of nitrogens with zero attached hydrogens (tertiary/aromatic N) is 2. The van der Waals surface area contributed by atoms with Gasteiger partial charge < -0.3 is 15.0 Å². The standard InChI is InChI=1S/C19H28FN3O/c1-3-24-15-8-12-23(13-9-15)18(21-2)22-14-19(10-11-19)16-6-4-5-7-17(16)20/h4-7,15H,3,8-14H2,1-2H3,(H,21,22). The first-order chi connectivity index (χ1) is 11.7. The fourth-order valence-corrected chi connectivity index (χ4v) is 3.63. The highest BCUT2D eigenvalue weighted by Crippen LogP contribution is 2.48. The van der Waals surface area contributed by atoms with Gasteiger partial charge in [0.05, 0.1) is 6.10 Å². The molecule has 0 aromatic heterocycles. The van der Waals surface area contributed by atoms with E-state index in [1.165, 1.54) is 0 Å². The van der Waals surface area contributed by atoms with E-state index in [0.717, 1.165) is 63.4 Å². The van der Waals surface area contributed by atoms with E-state index in [1.807, 2.05) is 26.1 Å². The molecule has 2 aliphatic rings. The zero-order valence-corrected chi connectivity index (χ0v) is 14.7. The van der Waals surface area contributed by atoms with Gasteiger partial charge in [-0.05, 0) is 44.2 Å². The molecule has 1 saturated carbocycles. The minimum absolute atomic E-state index is 0.0646. The fraction of sp³-hybridized carbons (Fsp3) is 0.632. The third-order valence-corrected chi connectivity index (χ3v) is 5.24. The third-order valence-electron chi connectivity index (χ3n) is 5.24. The van der Waals surface area contributed by atoms with Gasteiger partial charge in [0.15, 0.2) is 5.96 Å². The van der Waals surface area contributed by atoms with Crippen molar-refractivity contribution in [1.29, 1.82) is 0 Å². The maximum atomic E-state index is 14.1. The summed E-state index contributed by atoms with van der Waals surface area (Å²) in [5.41, 5.74) is 0.772. The fourth-order valence-electron chi connectivity index (χ4n) is 3.63. The zero-order chi connectivity index (χ0) is 17.0. The Morgan fingerprint density at radius 2 is 2.04 bits per heavy atom. The highest BCUT2D eigenvalue weighted by atomic mass is 19.1. The van der Waals surface area contributed by atoms with Crippen molar-refractivity contribution in [2.24, 2.45) is 4.99 Å². The number of likely N-dealkylation sites (tertiary alicyclic amines) is 1. The van der Waals surface area contributed by atoms with E-state index in [1.54, 1.807) is 12.1 Å². The smallest absolute Gasteiger partial charge is 0.193 e. The highest BCUT2D eigenvalue weighted by molar-refractivity contribution is 5.80. The van der Waals surface area contributed by atoms with Crippen LogP contribution in [0.25, 0.3) is 0 Å². The van der Waals surface area contributed by atoms with Gasteiger partial charge in [0.1, 0.15) is 5.82 Å². The molecule has 1 saturated heterocycles. The van der Waals surface area contributed by atoms with Crippen LogP contribution in [0, 0.1) is 5.82 Å². The lowest BCUT2D eigenvalue weighted by atomic mass is 9.95. The Hall–Kier alpha value is -1.62. The normalized spacial score (nSPS) is 21.0. The van der Waals surface area contributed by atoms with Crippen molar-refractivity contribution in [2.45, 2.75) is 44.1 Å². The van der Waals surface area contributed by atoms with Crippen molar-refractivity contribution in [3.8, 4) is 0 Å². The van der Waals surface area contributed by atoms with Gasteiger partial charge in [0, 0.05) is 38.7 Å². The Morgan fingerprint density at radius 1 is 1.33 bits per heavy atom. The first kappa shape index (κ1) is 17.2. The molecule has 0 radical (unpaired) electrons. The van der Waals surface area contributed by atoms with Crippen LogP contribution in [0.3, 0.4) is 0 Å². The Morgan fingerprint density at radius 3 is 2.62 bits per heavy atom. The van der Waals surface area contributed by atoms with Gasteiger partial charge in [-0.25, -0.2) is 4.39 Å². The summed E-state index contributed by atoms with van der Waals surface area (Å²) in [6.45, 7) is 5.48. The number of rotatable bonds is 5. The predicted molar refractivity (Wildman–Crippen MR) is 94.9 cm³/mol. The van der Waals surface area contributed by atoms with Crippen LogP contribution >= 0.6 is 0 Å². The Labute approximate surface area is 144 Å². The lowest BCUT2D eigenvalue weighted by Crippen LogP contribution is -2.48. The molecule has 1 aromatic carbocycles. The molecule has 0 spiro atoms. The number of halogens is 1. The molecule has 0 atom stereocenters. The Kier molecular flexibility index (Phi) is 5.39. The minimum atomic E-state index is -0.0932. The van der Waals surface area contributed by atoms with Crippen LogP contribution in [0.2, 0.25) is 0 Å². The van der Waals surface area contributed by atoms with Gasteiger partial charge in [-0.1, -0.05) is 18.2 Å². The van der Waals surface area contributed by atoms with Crippen LogP contribution in [-0.4, -0.2) is 50.3 Å². The van der Waals surface area contributed by atoms with Crippen molar-refractivity contribution >= 4 is 5.96 Å². The largest absolute Gasteiger partial charge is 0.378 e. The topological polar surface area (TPSA) is 36.9 Å². The number of benzene rings is 1. The van der Waals surface area contributed by atoms with Gasteiger partial charge in [-0.2, -0.15) is 0 Å². The molecule has 0 unspecified atom stereocenters. The molecule has 1 heterocycles. The van der Waals surface area contributed by atoms with E-state index >= 15 is 0 Å². The minimum Gasteiger partial charge on any atom is -0.378 e. The van der Waals surface area contributed by atoms with E-state index in [4.69, 9.17) is 4.74 Å². The molecular weight excluding hydrogens is 305 g/mol. The monoisotopic (exact) mass is 333 g/mol. The Bertz CT molecular complexity index is 578. The molecule has 1 aromatic rings. The molecule has 0 amide bonds. The molecule has 1 aliphatic heterocycles. The van der Waals surface area contributed by atoms with Crippen LogP contribution in [0.15, 0.2) is 29.3 Å². The molecule has 0 bridgehead atoms. The number of aliphatic imine (C=N–C) groups is 1. The summed E-state index contributed by atoms with van der Waals surface area (Å²) in [4.78, 5) is 6.71. The van der Waals surface area contributed by atoms with Crippen molar-refractivity contribution in [1.82, 2.24) is 10.2 Å². The second-order valence-electron chi connectivity index (χ2n) is 6.80.